The molecule has 0 aromatic carbocycles. The number of unbranched alkanes of at least 4 members (excludes halogenated alkanes) is 25. The van der Waals surface area contributed by atoms with Crippen LogP contribution < -0.4 is 0 Å². The minimum Gasteiger partial charge on any atom is -0.462 e. The van der Waals surface area contributed by atoms with Crippen LogP contribution >= 0.6 is 0 Å². The molecule has 352 valence electrons. The Hall–Kier alpha value is -2.89. The number of hydrogen-bond donors (Lipinski definition) is 0. The van der Waals surface area contributed by atoms with Crippen LogP contribution in [0.2, 0.25) is 0 Å². The summed E-state index contributed by atoms with van der Waals surface area (Å²) in [5, 5.41) is 0. The second kappa shape index (κ2) is 49.8. The Labute approximate surface area is 377 Å². The van der Waals surface area contributed by atoms with Crippen molar-refractivity contribution < 1.29 is 28.6 Å². The molecule has 6 nitrogen and oxygen atoms in total. The van der Waals surface area contributed by atoms with Crippen molar-refractivity contribution in [2.45, 2.75) is 258 Å². The Morgan fingerprint density at radius 1 is 0.344 bits per heavy atom. The molecule has 6 heteroatoms. The van der Waals surface area contributed by atoms with E-state index in [2.05, 4.69) is 81.5 Å². The van der Waals surface area contributed by atoms with Crippen LogP contribution in [-0.2, 0) is 28.6 Å². The molecule has 0 fully saturated rings. The summed E-state index contributed by atoms with van der Waals surface area (Å²) >= 11 is 0. The molecule has 0 spiro atoms. The number of carbonyl (C=O) groups is 3. The van der Waals surface area contributed by atoms with E-state index in [1.54, 1.807) is 0 Å². The summed E-state index contributed by atoms with van der Waals surface area (Å²) in [5.74, 6) is -0.952. The van der Waals surface area contributed by atoms with Crippen molar-refractivity contribution in [1.29, 1.82) is 0 Å². The molecule has 0 saturated carbocycles. The van der Waals surface area contributed by atoms with Gasteiger partial charge in [-0.25, -0.2) is 0 Å². The molecule has 0 rings (SSSR count). The second-order valence-corrected chi connectivity index (χ2v) is 17.0. The zero-order chi connectivity index (χ0) is 44.4. The number of allylic oxidation sites excluding steroid dienone is 10. The molecule has 0 radical (unpaired) electrons. The minimum atomic E-state index is -0.795. The lowest BCUT2D eigenvalue weighted by molar-refractivity contribution is -0.167. The van der Waals surface area contributed by atoms with Gasteiger partial charge in [-0.15, -0.1) is 0 Å². The molecule has 1 atom stereocenters. The van der Waals surface area contributed by atoms with Gasteiger partial charge in [-0.3, -0.25) is 14.4 Å². The number of ether oxygens (including phenoxy) is 3. The average Bonchev–Trinajstić information content (AvgIpc) is 3.26. The zero-order valence-electron chi connectivity index (χ0n) is 40.2. The van der Waals surface area contributed by atoms with Gasteiger partial charge in [0, 0.05) is 19.3 Å². The molecule has 0 N–H and O–H groups in total. The van der Waals surface area contributed by atoms with Gasteiger partial charge in [0.1, 0.15) is 13.2 Å². The maximum Gasteiger partial charge on any atom is 0.306 e. The summed E-state index contributed by atoms with van der Waals surface area (Å²) < 4.78 is 16.7. The Bertz CT molecular complexity index is 1120. The van der Waals surface area contributed by atoms with Crippen molar-refractivity contribution in [3.8, 4) is 0 Å². The van der Waals surface area contributed by atoms with Crippen molar-refractivity contribution in [3.05, 3.63) is 60.8 Å². The largest absolute Gasteiger partial charge is 0.462 e. The molecule has 0 aliphatic carbocycles. The van der Waals surface area contributed by atoms with E-state index >= 15 is 0 Å². The SMILES string of the molecule is CC/C=C\C/C=C\C/C=C\CCCC(=O)OCC(COC(=O)CCCCCCCCCCCCCCCCCCCC)OC(=O)CCCCCCCCC/C=C\C/C=C\CC. The summed E-state index contributed by atoms with van der Waals surface area (Å²) in [7, 11) is 0. The summed E-state index contributed by atoms with van der Waals surface area (Å²) in [6, 6.07) is 0. The summed E-state index contributed by atoms with van der Waals surface area (Å²) in [4.78, 5) is 37.9. The Kier molecular flexibility index (Phi) is 47.4. The van der Waals surface area contributed by atoms with E-state index in [1.165, 1.54) is 122 Å². The standard InChI is InChI=1S/C55H96O6/c1-4-7-10-13-16-19-22-24-26-27-28-29-31-33-36-39-42-45-48-54(57)60-51-52(50-59-53(56)47-44-41-38-35-32-21-18-15-12-9-6-3)61-55(58)49-46-43-40-37-34-30-25-23-20-17-14-11-8-5-2/h8-9,11-12,17-18,20-21,35,38,52H,4-7,10,13-16,19,22-34,36-37,39-51H2,1-3H3/b11-8-,12-9-,20-17-,21-18-,38-35-. The van der Waals surface area contributed by atoms with Crippen LogP contribution in [0.5, 0.6) is 0 Å². The third kappa shape index (κ3) is 48.0. The highest BCUT2D eigenvalue weighted by Gasteiger charge is 2.19. The van der Waals surface area contributed by atoms with E-state index < -0.39 is 6.10 Å². The third-order valence-electron chi connectivity index (χ3n) is 11.0. The molecular formula is C55H96O6. The van der Waals surface area contributed by atoms with Gasteiger partial charge in [-0.1, -0.05) is 223 Å². The number of carbonyl (C=O) groups excluding carboxylic acids is 3. The Balaban J connectivity index is 4.36. The number of rotatable bonds is 46. The first kappa shape index (κ1) is 58.1. The Morgan fingerprint density at radius 2 is 0.656 bits per heavy atom. The second-order valence-electron chi connectivity index (χ2n) is 17.0. The minimum absolute atomic E-state index is 0.0912. The number of hydrogen-bond acceptors (Lipinski definition) is 6. The van der Waals surface area contributed by atoms with Gasteiger partial charge in [-0.2, -0.15) is 0 Å². The predicted molar refractivity (Wildman–Crippen MR) is 261 cm³/mol. The van der Waals surface area contributed by atoms with E-state index in [1.807, 2.05) is 0 Å². The molecule has 0 heterocycles. The van der Waals surface area contributed by atoms with Crippen molar-refractivity contribution in [1.82, 2.24) is 0 Å². The van der Waals surface area contributed by atoms with Crippen LogP contribution in [-0.4, -0.2) is 37.2 Å². The molecule has 61 heavy (non-hydrogen) atoms. The normalized spacial score (nSPS) is 12.5. The molecule has 0 aromatic heterocycles. The average molecular weight is 853 g/mol. The first-order chi connectivity index (χ1) is 30.0. The first-order valence-corrected chi connectivity index (χ1v) is 25.8. The van der Waals surface area contributed by atoms with Crippen LogP contribution in [0, 0.1) is 0 Å². The van der Waals surface area contributed by atoms with Gasteiger partial charge in [0.2, 0.25) is 0 Å². The monoisotopic (exact) mass is 853 g/mol. The van der Waals surface area contributed by atoms with Gasteiger partial charge in [-0.05, 0) is 70.6 Å². The lowest BCUT2D eigenvalue weighted by atomic mass is 10.0. The molecule has 0 saturated heterocycles. The first-order valence-electron chi connectivity index (χ1n) is 25.8. The third-order valence-corrected chi connectivity index (χ3v) is 11.0. The highest BCUT2D eigenvalue weighted by atomic mass is 16.6. The van der Waals surface area contributed by atoms with Crippen LogP contribution in [0.4, 0.5) is 0 Å². The fraction of sp³-hybridized carbons (Fsp3) is 0.764. The molecule has 0 aliphatic rings. The van der Waals surface area contributed by atoms with Crippen LogP contribution in [0.25, 0.3) is 0 Å². The van der Waals surface area contributed by atoms with Crippen molar-refractivity contribution in [2.24, 2.45) is 0 Å². The molecule has 0 amide bonds. The lowest BCUT2D eigenvalue weighted by Gasteiger charge is -2.18. The lowest BCUT2D eigenvalue weighted by Crippen LogP contribution is -2.30. The summed E-state index contributed by atoms with van der Waals surface area (Å²) in [5.41, 5.74) is 0. The summed E-state index contributed by atoms with van der Waals surface area (Å²) in [6.45, 7) is 6.37. The fourth-order valence-electron chi connectivity index (χ4n) is 7.21. The van der Waals surface area contributed by atoms with Crippen LogP contribution in [0.1, 0.15) is 252 Å². The highest BCUT2D eigenvalue weighted by Crippen LogP contribution is 2.16. The van der Waals surface area contributed by atoms with Gasteiger partial charge in [0.25, 0.3) is 0 Å². The summed E-state index contributed by atoms with van der Waals surface area (Å²) in [6.07, 6.45) is 60.8. The molecule has 0 bridgehead atoms. The number of esters is 3. The molecule has 0 aromatic rings. The van der Waals surface area contributed by atoms with E-state index in [9.17, 15) is 14.4 Å². The molecule has 1 unspecified atom stereocenters. The van der Waals surface area contributed by atoms with Crippen LogP contribution in [0.15, 0.2) is 60.8 Å². The highest BCUT2D eigenvalue weighted by molar-refractivity contribution is 5.71. The maximum atomic E-state index is 12.8. The van der Waals surface area contributed by atoms with Crippen LogP contribution in [0.3, 0.4) is 0 Å². The quantitative estimate of drug-likeness (QED) is 0.0263. The topological polar surface area (TPSA) is 78.9 Å². The molecular weight excluding hydrogens is 757 g/mol. The van der Waals surface area contributed by atoms with E-state index in [0.717, 1.165) is 83.5 Å². The van der Waals surface area contributed by atoms with E-state index in [4.69, 9.17) is 14.2 Å². The van der Waals surface area contributed by atoms with E-state index in [-0.39, 0.29) is 37.5 Å². The van der Waals surface area contributed by atoms with Crippen molar-refractivity contribution >= 4 is 17.9 Å². The molecule has 0 aliphatic heterocycles. The van der Waals surface area contributed by atoms with Gasteiger partial charge >= 0.3 is 17.9 Å². The fourth-order valence-corrected chi connectivity index (χ4v) is 7.21. The van der Waals surface area contributed by atoms with Gasteiger partial charge < -0.3 is 14.2 Å². The predicted octanol–water partition coefficient (Wildman–Crippen LogP) is 16.9. The Morgan fingerprint density at radius 3 is 1.07 bits per heavy atom. The van der Waals surface area contributed by atoms with Gasteiger partial charge in [0.05, 0.1) is 0 Å². The van der Waals surface area contributed by atoms with E-state index in [0.29, 0.717) is 19.3 Å². The van der Waals surface area contributed by atoms with Gasteiger partial charge in [0.15, 0.2) is 6.10 Å². The van der Waals surface area contributed by atoms with Crippen molar-refractivity contribution in [2.75, 3.05) is 13.2 Å². The zero-order valence-corrected chi connectivity index (χ0v) is 40.2. The van der Waals surface area contributed by atoms with Crippen molar-refractivity contribution in [3.63, 3.8) is 0 Å². The maximum absolute atomic E-state index is 12.8. The smallest absolute Gasteiger partial charge is 0.306 e.